The Morgan fingerprint density at radius 1 is 1.25 bits per heavy atom. The molecule has 0 bridgehead atoms. The van der Waals surface area contributed by atoms with E-state index in [2.05, 4.69) is 11.4 Å². The number of nitrogens with one attached hydrogen (secondary N) is 2. The number of likely N-dealkylation sites (tertiary alicyclic amines) is 1. The van der Waals surface area contributed by atoms with Crippen LogP contribution in [0.3, 0.4) is 0 Å². The van der Waals surface area contributed by atoms with Crippen LogP contribution in [-0.4, -0.2) is 32.7 Å². The third kappa shape index (κ3) is 3.95. The van der Waals surface area contributed by atoms with Gasteiger partial charge in [0.1, 0.15) is 23.6 Å². The molecular weight excluding hydrogens is 354 g/mol. The Hall–Kier alpha value is -3.04. The summed E-state index contributed by atoms with van der Waals surface area (Å²) < 4.78 is 10.9. The fourth-order valence-electron chi connectivity index (χ4n) is 3.95. The third-order valence-corrected chi connectivity index (χ3v) is 5.48. The lowest BCUT2D eigenvalue weighted by molar-refractivity contribution is -0.932. The van der Waals surface area contributed by atoms with Crippen molar-refractivity contribution in [1.29, 1.82) is 5.26 Å². The summed E-state index contributed by atoms with van der Waals surface area (Å²) in [5, 5.41) is 12.2. The summed E-state index contributed by atoms with van der Waals surface area (Å²) in [6.45, 7) is 2.85. The van der Waals surface area contributed by atoms with Gasteiger partial charge in [-0.3, -0.25) is 4.79 Å². The molecule has 146 valence electrons. The summed E-state index contributed by atoms with van der Waals surface area (Å²) in [5.74, 6) is 1.45. The summed E-state index contributed by atoms with van der Waals surface area (Å²) in [4.78, 5) is 14.1. The molecule has 0 aliphatic carbocycles. The number of quaternary nitrogens is 1. The Labute approximate surface area is 165 Å². The molecule has 3 atom stereocenters. The minimum Gasteiger partial charge on any atom is -0.497 e. The second kappa shape index (κ2) is 8.77. The summed E-state index contributed by atoms with van der Waals surface area (Å²) in [7, 11) is 3.29. The van der Waals surface area contributed by atoms with Crippen molar-refractivity contribution >= 4 is 11.6 Å². The molecule has 2 N–H and O–H groups in total. The van der Waals surface area contributed by atoms with E-state index in [9.17, 15) is 10.1 Å². The predicted molar refractivity (Wildman–Crippen MR) is 107 cm³/mol. The largest absolute Gasteiger partial charge is 0.497 e. The maximum atomic E-state index is 12.9. The number of carbonyl (C=O) groups excluding carboxylic acids is 1. The SMILES string of the molecule is COc1ccc([C@H]2CCC[NH+]2[C@H](C)C(=O)Nc2ccccc2C#N)c(OC)c1. The first-order valence-corrected chi connectivity index (χ1v) is 9.46. The van der Waals surface area contributed by atoms with Crippen LogP contribution >= 0.6 is 0 Å². The summed E-state index contributed by atoms with van der Waals surface area (Å²) in [6, 6.07) is 14.9. The summed E-state index contributed by atoms with van der Waals surface area (Å²) >= 11 is 0. The van der Waals surface area contributed by atoms with Gasteiger partial charge in [0.15, 0.2) is 6.04 Å². The van der Waals surface area contributed by atoms with Crippen LogP contribution < -0.4 is 19.7 Å². The molecule has 0 saturated carbocycles. The normalized spacial score (nSPS) is 19.5. The van der Waals surface area contributed by atoms with Crippen molar-refractivity contribution in [3.05, 3.63) is 53.6 Å². The highest BCUT2D eigenvalue weighted by molar-refractivity contribution is 5.94. The standard InChI is InChI=1S/C22H25N3O3/c1-15(22(26)24-19-8-5-4-7-16(19)14-23)25-12-6-9-20(25)18-11-10-17(27-2)13-21(18)28-3/h4-5,7-8,10-11,13,15,20H,6,9,12H2,1-3H3,(H,24,26)/p+1/t15-,20-/m1/s1. The second-order valence-corrected chi connectivity index (χ2v) is 7.00. The van der Waals surface area contributed by atoms with Gasteiger partial charge in [-0.25, -0.2) is 0 Å². The van der Waals surface area contributed by atoms with Crippen LogP contribution in [0.5, 0.6) is 11.5 Å². The van der Waals surface area contributed by atoms with E-state index in [1.165, 1.54) is 4.90 Å². The molecule has 1 unspecified atom stereocenters. The van der Waals surface area contributed by atoms with E-state index in [0.717, 1.165) is 36.4 Å². The zero-order valence-corrected chi connectivity index (χ0v) is 16.5. The van der Waals surface area contributed by atoms with E-state index < -0.39 is 0 Å². The highest BCUT2D eigenvalue weighted by Gasteiger charge is 2.38. The van der Waals surface area contributed by atoms with Crippen LogP contribution in [0.25, 0.3) is 0 Å². The van der Waals surface area contributed by atoms with Crippen LogP contribution in [0, 0.1) is 11.3 Å². The van der Waals surface area contributed by atoms with Gasteiger partial charge in [-0.05, 0) is 31.2 Å². The highest BCUT2D eigenvalue weighted by Crippen LogP contribution is 2.32. The first-order chi connectivity index (χ1) is 13.6. The lowest BCUT2D eigenvalue weighted by atomic mass is 10.0. The molecule has 1 fully saturated rings. The van der Waals surface area contributed by atoms with Crippen molar-refractivity contribution in [2.45, 2.75) is 31.8 Å². The van der Waals surface area contributed by atoms with E-state index in [-0.39, 0.29) is 18.0 Å². The fraction of sp³-hybridized carbons (Fsp3) is 0.364. The molecule has 6 nitrogen and oxygen atoms in total. The van der Waals surface area contributed by atoms with Crippen molar-refractivity contribution in [1.82, 2.24) is 0 Å². The third-order valence-electron chi connectivity index (χ3n) is 5.48. The molecule has 2 aromatic carbocycles. The summed E-state index contributed by atoms with van der Waals surface area (Å²) in [6.07, 6.45) is 2.03. The Kier molecular flexibility index (Phi) is 6.17. The minimum absolute atomic E-state index is 0.0860. The number of amides is 1. The van der Waals surface area contributed by atoms with Crippen molar-refractivity contribution in [3.8, 4) is 17.6 Å². The lowest BCUT2D eigenvalue weighted by Crippen LogP contribution is -3.15. The molecule has 1 aliphatic rings. The van der Waals surface area contributed by atoms with Crippen molar-refractivity contribution in [3.63, 3.8) is 0 Å². The van der Waals surface area contributed by atoms with Gasteiger partial charge in [-0.15, -0.1) is 0 Å². The number of nitrogens with zero attached hydrogens (tertiary/aromatic N) is 1. The molecule has 28 heavy (non-hydrogen) atoms. The second-order valence-electron chi connectivity index (χ2n) is 7.00. The smallest absolute Gasteiger partial charge is 0.282 e. The predicted octanol–water partition coefficient (Wildman–Crippen LogP) is 2.32. The van der Waals surface area contributed by atoms with E-state index in [1.54, 1.807) is 32.4 Å². The molecule has 1 amide bonds. The quantitative estimate of drug-likeness (QED) is 0.807. The zero-order chi connectivity index (χ0) is 20.1. The number of ether oxygens (including phenoxy) is 2. The number of methoxy groups -OCH3 is 2. The maximum Gasteiger partial charge on any atom is 0.282 e. The molecule has 1 aliphatic heterocycles. The average molecular weight is 380 g/mol. The molecule has 3 rings (SSSR count). The molecule has 0 radical (unpaired) electrons. The average Bonchev–Trinajstić information content (AvgIpc) is 3.22. The number of carbonyl (C=O) groups is 1. The Morgan fingerprint density at radius 3 is 2.75 bits per heavy atom. The molecular formula is C22H26N3O3+. The Balaban J connectivity index is 1.80. The number of anilines is 1. The van der Waals surface area contributed by atoms with E-state index in [1.807, 2.05) is 31.2 Å². The lowest BCUT2D eigenvalue weighted by Gasteiger charge is -2.28. The van der Waals surface area contributed by atoms with Gasteiger partial charge >= 0.3 is 0 Å². The van der Waals surface area contributed by atoms with Crippen LogP contribution in [0.1, 0.15) is 36.9 Å². The Bertz CT molecular complexity index is 891. The maximum absolute atomic E-state index is 12.9. The van der Waals surface area contributed by atoms with E-state index >= 15 is 0 Å². The first kappa shape index (κ1) is 19.7. The van der Waals surface area contributed by atoms with Gasteiger partial charge in [0, 0.05) is 18.9 Å². The molecule has 0 spiro atoms. The zero-order valence-electron chi connectivity index (χ0n) is 16.5. The number of benzene rings is 2. The van der Waals surface area contributed by atoms with Crippen LogP contribution in [-0.2, 0) is 4.79 Å². The number of para-hydroxylation sites is 1. The number of rotatable bonds is 6. The monoisotopic (exact) mass is 380 g/mol. The number of nitriles is 1. The van der Waals surface area contributed by atoms with Crippen molar-refractivity contribution in [2.75, 3.05) is 26.1 Å². The topological polar surface area (TPSA) is 75.8 Å². The van der Waals surface area contributed by atoms with Gasteiger partial charge in [-0.1, -0.05) is 12.1 Å². The van der Waals surface area contributed by atoms with Crippen LogP contribution in [0.2, 0.25) is 0 Å². The number of hydrogen-bond acceptors (Lipinski definition) is 4. The fourth-order valence-corrected chi connectivity index (χ4v) is 3.95. The Morgan fingerprint density at radius 2 is 2.04 bits per heavy atom. The molecule has 1 heterocycles. The molecule has 0 aromatic heterocycles. The van der Waals surface area contributed by atoms with Gasteiger partial charge in [0.05, 0.1) is 37.6 Å². The molecule has 6 heteroatoms. The van der Waals surface area contributed by atoms with Crippen molar-refractivity contribution < 1.29 is 19.2 Å². The van der Waals surface area contributed by atoms with Crippen LogP contribution in [0.4, 0.5) is 5.69 Å². The van der Waals surface area contributed by atoms with Crippen LogP contribution in [0.15, 0.2) is 42.5 Å². The van der Waals surface area contributed by atoms with Gasteiger partial charge in [0.25, 0.3) is 5.91 Å². The van der Waals surface area contributed by atoms with Gasteiger partial charge < -0.3 is 19.7 Å². The van der Waals surface area contributed by atoms with Crippen molar-refractivity contribution in [2.24, 2.45) is 0 Å². The van der Waals surface area contributed by atoms with Gasteiger partial charge in [-0.2, -0.15) is 5.26 Å². The molecule has 2 aromatic rings. The summed E-state index contributed by atoms with van der Waals surface area (Å²) in [5.41, 5.74) is 2.11. The highest BCUT2D eigenvalue weighted by atomic mass is 16.5. The molecule has 1 saturated heterocycles. The van der Waals surface area contributed by atoms with E-state index in [4.69, 9.17) is 9.47 Å². The van der Waals surface area contributed by atoms with Gasteiger partial charge in [0.2, 0.25) is 0 Å². The van der Waals surface area contributed by atoms with E-state index in [0.29, 0.717) is 11.3 Å². The minimum atomic E-state index is -0.258. The first-order valence-electron chi connectivity index (χ1n) is 9.46. The number of hydrogen-bond donors (Lipinski definition) is 2.